The van der Waals surface area contributed by atoms with Crippen molar-refractivity contribution in [2.45, 2.75) is 130 Å². The molecule has 2 heteroatoms. The van der Waals surface area contributed by atoms with Crippen molar-refractivity contribution in [3.8, 4) is 33.6 Å². The highest BCUT2D eigenvalue weighted by atomic mass is 15.1. The number of allylic oxidation sites excluding steroid dienone is 2. The fraction of sp³-hybridized carbons (Fsp3) is 0.412. The molecule has 274 valence electrons. The van der Waals surface area contributed by atoms with Gasteiger partial charge in [0, 0.05) is 42.7 Å². The lowest BCUT2D eigenvalue weighted by molar-refractivity contribution is -0.743. The summed E-state index contributed by atoms with van der Waals surface area (Å²) < 4.78 is 4.90. The van der Waals surface area contributed by atoms with Crippen LogP contribution in [0, 0.1) is 13.8 Å². The molecule has 0 bridgehead atoms. The standard InChI is InChI=1S/C51H62N2/c1-11-14-19-37-23-22-35(4)48(36(37)5)38-24-25-41-40(34-51(12-2,13-3)53-29-18-16-21-47(53)43(41)31-38)30-39-32-44-45(50(8,9)27-26-49(44,6)7)33-42(39)46-20-15-17-28-52(46)10/h15-18,20-25,28-29,31-34H,11-14,19,26-27,30H2,1-10H3/q+2. The summed E-state index contributed by atoms with van der Waals surface area (Å²) in [6.45, 7) is 21.5. The van der Waals surface area contributed by atoms with Crippen LogP contribution in [0.25, 0.3) is 39.2 Å². The van der Waals surface area contributed by atoms with Crippen LogP contribution in [0.2, 0.25) is 0 Å². The van der Waals surface area contributed by atoms with E-state index in [2.05, 4.69) is 176 Å². The molecule has 0 spiro atoms. The molecule has 0 unspecified atom stereocenters. The number of aryl methyl sites for hydroxylation is 3. The van der Waals surface area contributed by atoms with Gasteiger partial charge in [0.2, 0.25) is 11.4 Å². The maximum absolute atomic E-state index is 2.66. The van der Waals surface area contributed by atoms with E-state index in [9.17, 15) is 0 Å². The number of benzene rings is 3. The summed E-state index contributed by atoms with van der Waals surface area (Å²) in [7, 11) is 2.20. The molecule has 0 N–H and O–H groups in total. The van der Waals surface area contributed by atoms with Crippen LogP contribution in [-0.2, 0) is 36.3 Å². The van der Waals surface area contributed by atoms with Gasteiger partial charge in [-0.25, -0.2) is 4.57 Å². The van der Waals surface area contributed by atoms with Crippen molar-refractivity contribution in [2.75, 3.05) is 0 Å². The molecular formula is C51H62N2+2. The third-order valence-corrected chi connectivity index (χ3v) is 13.3. The highest BCUT2D eigenvalue weighted by Crippen LogP contribution is 2.49. The molecule has 0 fully saturated rings. The SMILES string of the molecule is CCCCc1ccc(C)c(-c2ccc3c(c2)-c2cccc[n+]2C(CC)(CC)C=C3Cc2cc3c(cc2-c2cccc[n+]2C)C(C)(C)CCC3(C)C)c1C. The van der Waals surface area contributed by atoms with Crippen LogP contribution in [0.15, 0.2) is 97.3 Å². The average molecular weight is 703 g/mol. The van der Waals surface area contributed by atoms with Gasteiger partial charge in [0.05, 0.1) is 5.56 Å². The van der Waals surface area contributed by atoms with Crippen molar-refractivity contribution >= 4 is 5.57 Å². The first kappa shape index (κ1) is 37.0. The number of nitrogens with zero attached hydrogens (tertiary/aromatic N) is 2. The number of rotatable bonds is 9. The molecule has 5 aromatic rings. The lowest BCUT2D eigenvalue weighted by Gasteiger charge is -2.42. The van der Waals surface area contributed by atoms with E-state index in [1.807, 2.05) is 0 Å². The van der Waals surface area contributed by atoms with Crippen LogP contribution in [-0.4, -0.2) is 0 Å². The number of pyridine rings is 2. The zero-order valence-electron chi connectivity index (χ0n) is 34.3. The fourth-order valence-electron chi connectivity index (χ4n) is 9.68. The third-order valence-electron chi connectivity index (χ3n) is 13.3. The largest absolute Gasteiger partial charge is 0.213 e. The number of aromatic nitrogens is 2. The minimum Gasteiger partial charge on any atom is -0.201 e. The van der Waals surface area contributed by atoms with Crippen LogP contribution >= 0.6 is 0 Å². The normalized spacial score (nSPS) is 16.6. The van der Waals surface area contributed by atoms with Crippen molar-refractivity contribution in [1.82, 2.24) is 0 Å². The summed E-state index contributed by atoms with van der Waals surface area (Å²) >= 11 is 0. The lowest BCUT2D eigenvalue weighted by atomic mass is 9.62. The first-order valence-electron chi connectivity index (χ1n) is 20.4. The number of fused-ring (bicyclic) bond motifs is 4. The summed E-state index contributed by atoms with van der Waals surface area (Å²) in [4.78, 5) is 0. The Morgan fingerprint density at radius 2 is 1.34 bits per heavy atom. The van der Waals surface area contributed by atoms with Gasteiger partial charge in [0.15, 0.2) is 17.9 Å². The molecule has 2 aliphatic rings. The van der Waals surface area contributed by atoms with Crippen molar-refractivity contribution in [2.24, 2.45) is 7.05 Å². The first-order valence-corrected chi connectivity index (χ1v) is 20.4. The van der Waals surface area contributed by atoms with E-state index in [-0.39, 0.29) is 16.4 Å². The average Bonchev–Trinajstić information content (AvgIpc) is 3.26. The zero-order valence-corrected chi connectivity index (χ0v) is 34.3. The van der Waals surface area contributed by atoms with Gasteiger partial charge in [-0.3, -0.25) is 0 Å². The predicted molar refractivity (Wildman–Crippen MR) is 224 cm³/mol. The van der Waals surface area contributed by atoms with E-state index in [4.69, 9.17) is 0 Å². The Kier molecular flexibility index (Phi) is 9.90. The molecule has 2 aromatic heterocycles. The van der Waals surface area contributed by atoms with Gasteiger partial charge in [-0.2, -0.15) is 4.57 Å². The van der Waals surface area contributed by atoms with Crippen LogP contribution in [0.5, 0.6) is 0 Å². The van der Waals surface area contributed by atoms with E-state index in [0.29, 0.717) is 0 Å². The molecule has 3 aromatic carbocycles. The molecule has 0 atom stereocenters. The fourth-order valence-corrected chi connectivity index (χ4v) is 9.68. The topological polar surface area (TPSA) is 7.76 Å². The van der Waals surface area contributed by atoms with Crippen molar-refractivity contribution in [1.29, 1.82) is 0 Å². The van der Waals surface area contributed by atoms with E-state index >= 15 is 0 Å². The second kappa shape index (κ2) is 14.2. The molecule has 3 heterocycles. The van der Waals surface area contributed by atoms with Gasteiger partial charge in [-0.05, 0) is 143 Å². The molecule has 0 amide bonds. The molecule has 2 nitrogen and oxygen atoms in total. The Bertz CT molecular complexity index is 2210. The minimum absolute atomic E-state index is 0.131. The lowest BCUT2D eigenvalue weighted by Crippen LogP contribution is -2.55. The minimum atomic E-state index is -0.135. The maximum atomic E-state index is 2.66. The summed E-state index contributed by atoms with van der Waals surface area (Å²) in [5, 5.41) is 0. The molecule has 0 saturated heterocycles. The monoisotopic (exact) mass is 702 g/mol. The first-order chi connectivity index (χ1) is 25.3. The molecular weight excluding hydrogens is 641 g/mol. The second-order valence-electron chi connectivity index (χ2n) is 17.5. The van der Waals surface area contributed by atoms with Gasteiger partial charge in [-0.15, -0.1) is 0 Å². The van der Waals surface area contributed by atoms with E-state index in [0.717, 1.165) is 25.7 Å². The Labute approximate surface area is 320 Å². The molecule has 0 radical (unpaired) electrons. The second-order valence-corrected chi connectivity index (χ2v) is 17.5. The highest BCUT2D eigenvalue weighted by molar-refractivity contribution is 5.87. The summed E-state index contributed by atoms with van der Waals surface area (Å²) in [5.41, 5.74) is 19.6. The van der Waals surface area contributed by atoms with Crippen LogP contribution in [0.3, 0.4) is 0 Å². The smallest absolute Gasteiger partial charge is 0.201 e. The molecule has 0 saturated carbocycles. The van der Waals surface area contributed by atoms with Gasteiger partial charge >= 0.3 is 0 Å². The zero-order chi connectivity index (χ0) is 37.7. The summed E-state index contributed by atoms with van der Waals surface area (Å²) in [6.07, 6.45) is 16.1. The van der Waals surface area contributed by atoms with Gasteiger partial charge in [0.25, 0.3) is 0 Å². The predicted octanol–water partition coefficient (Wildman–Crippen LogP) is 12.3. The Morgan fingerprint density at radius 3 is 2.02 bits per heavy atom. The molecule has 7 rings (SSSR count). The van der Waals surface area contributed by atoms with Crippen molar-refractivity contribution in [3.05, 3.63) is 136 Å². The van der Waals surface area contributed by atoms with Crippen LogP contribution in [0.1, 0.15) is 126 Å². The highest BCUT2D eigenvalue weighted by Gasteiger charge is 2.42. The van der Waals surface area contributed by atoms with Gasteiger partial charge in [-0.1, -0.05) is 85.2 Å². The summed E-state index contributed by atoms with van der Waals surface area (Å²) in [6, 6.07) is 30.8. The maximum Gasteiger partial charge on any atom is 0.213 e. The van der Waals surface area contributed by atoms with Crippen LogP contribution < -0.4 is 9.13 Å². The van der Waals surface area contributed by atoms with Crippen molar-refractivity contribution < 1.29 is 9.13 Å². The summed E-state index contributed by atoms with van der Waals surface area (Å²) in [5.74, 6) is 0. The van der Waals surface area contributed by atoms with Gasteiger partial charge in [0.1, 0.15) is 7.05 Å². The Morgan fingerprint density at radius 1 is 0.660 bits per heavy atom. The van der Waals surface area contributed by atoms with E-state index < -0.39 is 0 Å². The molecule has 1 aliphatic heterocycles. The quantitative estimate of drug-likeness (QED) is 0.135. The number of unbranched alkanes of at least 4 members (excludes halogenated alkanes) is 1. The third kappa shape index (κ3) is 6.51. The van der Waals surface area contributed by atoms with Gasteiger partial charge < -0.3 is 0 Å². The van der Waals surface area contributed by atoms with E-state index in [1.165, 1.54) is 104 Å². The Balaban J connectivity index is 1.48. The number of hydrogen-bond acceptors (Lipinski definition) is 0. The Hall–Kier alpha value is -4.30. The van der Waals surface area contributed by atoms with Crippen molar-refractivity contribution in [3.63, 3.8) is 0 Å². The van der Waals surface area contributed by atoms with Crippen LogP contribution in [0.4, 0.5) is 0 Å². The molecule has 53 heavy (non-hydrogen) atoms. The number of hydrogen-bond donors (Lipinski definition) is 0. The molecule has 1 aliphatic carbocycles. The van der Waals surface area contributed by atoms with E-state index in [1.54, 1.807) is 0 Å².